The van der Waals surface area contributed by atoms with Gasteiger partial charge >= 0.3 is 0 Å². The molecule has 2 nitrogen and oxygen atoms in total. The second kappa shape index (κ2) is 4.19. The van der Waals surface area contributed by atoms with Crippen molar-refractivity contribution in [2.75, 3.05) is 7.11 Å². The third kappa shape index (κ3) is 1.97. The van der Waals surface area contributed by atoms with Gasteiger partial charge in [-0.25, -0.2) is 4.39 Å². The fourth-order valence-electron chi connectivity index (χ4n) is 1.96. The average molecular weight is 209 g/mol. The van der Waals surface area contributed by atoms with E-state index in [4.69, 9.17) is 10.5 Å². The van der Waals surface area contributed by atoms with Crippen molar-refractivity contribution in [1.82, 2.24) is 0 Å². The minimum Gasteiger partial charge on any atom is -0.494 e. The standard InChI is InChI=1S/C12H16FNO/c1-15-11-6-5-9(7-10(11)13)12(14)8-3-2-4-8/h5-8,12H,2-4,14H2,1H3. The molecule has 0 aromatic heterocycles. The predicted molar refractivity (Wildman–Crippen MR) is 57.2 cm³/mol. The Hall–Kier alpha value is -1.09. The highest BCUT2D eigenvalue weighted by molar-refractivity contribution is 5.31. The van der Waals surface area contributed by atoms with Crippen LogP contribution in [0.15, 0.2) is 18.2 Å². The first kappa shape index (κ1) is 10.4. The zero-order chi connectivity index (χ0) is 10.8. The number of nitrogens with two attached hydrogens (primary N) is 1. The molecule has 0 saturated heterocycles. The van der Waals surface area contributed by atoms with Gasteiger partial charge in [-0.3, -0.25) is 0 Å². The molecule has 2 N–H and O–H groups in total. The Morgan fingerprint density at radius 3 is 2.67 bits per heavy atom. The molecule has 1 aliphatic carbocycles. The third-order valence-corrected chi connectivity index (χ3v) is 3.22. The van der Waals surface area contributed by atoms with Gasteiger partial charge in [0.2, 0.25) is 0 Å². The van der Waals surface area contributed by atoms with Crippen molar-refractivity contribution < 1.29 is 9.13 Å². The monoisotopic (exact) mass is 209 g/mol. The summed E-state index contributed by atoms with van der Waals surface area (Å²) in [4.78, 5) is 0. The van der Waals surface area contributed by atoms with Gasteiger partial charge in [0.05, 0.1) is 7.11 Å². The van der Waals surface area contributed by atoms with Gasteiger partial charge < -0.3 is 10.5 Å². The lowest BCUT2D eigenvalue weighted by Gasteiger charge is -2.31. The highest BCUT2D eigenvalue weighted by Gasteiger charge is 2.25. The topological polar surface area (TPSA) is 35.2 Å². The van der Waals surface area contributed by atoms with Crippen molar-refractivity contribution in [3.05, 3.63) is 29.6 Å². The molecular weight excluding hydrogens is 193 g/mol. The van der Waals surface area contributed by atoms with Crippen LogP contribution in [0, 0.1) is 11.7 Å². The Balaban J connectivity index is 2.17. The zero-order valence-electron chi connectivity index (χ0n) is 8.87. The van der Waals surface area contributed by atoms with Crippen molar-refractivity contribution in [2.24, 2.45) is 11.7 Å². The maximum Gasteiger partial charge on any atom is 0.165 e. The molecule has 0 amide bonds. The summed E-state index contributed by atoms with van der Waals surface area (Å²) in [7, 11) is 1.46. The molecular formula is C12H16FNO. The molecule has 1 aliphatic rings. The summed E-state index contributed by atoms with van der Waals surface area (Å²) in [6, 6.07) is 4.95. The van der Waals surface area contributed by atoms with E-state index in [0.717, 1.165) is 18.4 Å². The average Bonchev–Trinajstić information content (AvgIpc) is 2.15. The van der Waals surface area contributed by atoms with Crippen LogP contribution < -0.4 is 10.5 Å². The van der Waals surface area contributed by atoms with E-state index in [0.29, 0.717) is 5.92 Å². The first-order valence-corrected chi connectivity index (χ1v) is 5.31. The first-order valence-electron chi connectivity index (χ1n) is 5.31. The molecule has 1 saturated carbocycles. The number of benzene rings is 1. The molecule has 1 fully saturated rings. The molecule has 1 atom stereocenters. The van der Waals surface area contributed by atoms with Gasteiger partial charge in [0.1, 0.15) is 0 Å². The Kier molecular flexibility index (Phi) is 2.91. The van der Waals surface area contributed by atoms with Gasteiger partial charge in [-0.15, -0.1) is 0 Å². The van der Waals surface area contributed by atoms with Crippen LogP contribution in [0.4, 0.5) is 4.39 Å². The second-order valence-corrected chi connectivity index (χ2v) is 4.11. The quantitative estimate of drug-likeness (QED) is 0.830. The van der Waals surface area contributed by atoms with Crippen LogP contribution in [0.3, 0.4) is 0 Å². The van der Waals surface area contributed by atoms with E-state index in [1.807, 2.05) is 6.07 Å². The zero-order valence-corrected chi connectivity index (χ0v) is 8.87. The van der Waals surface area contributed by atoms with Gasteiger partial charge in [-0.05, 0) is 36.5 Å². The van der Waals surface area contributed by atoms with E-state index < -0.39 is 0 Å². The number of rotatable bonds is 3. The Morgan fingerprint density at radius 1 is 1.47 bits per heavy atom. The molecule has 2 rings (SSSR count). The maximum atomic E-state index is 13.4. The highest BCUT2D eigenvalue weighted by Crippen LogP contribution is 2.36. The summed E-state index contributed by atoms with van der Waals surface area (Å²) in [6.45, 7) is 0. The van der Waals surface area contributed by atoms with Crippen LogP contribution in [-0.4, -0.2) is 7.11 Å². The van der Waals surface area contributed by atoms with Gasteiger partial charge in [-0.1, -0.05) is 12.5 Å². The van der Waals surface area contributed by atoms with Gasteiger partial charge in [0.25, 0.3) is 0 Å². The molecule has 0 aliphatic heterocycles. The minimum atomic E-state index is -0.329. The molecule has 1 aromatic carbocycles. The number of hydrogen-bond acceptors (Lipinski definition) is 2. The van der Waals surface area contributed by atoms with Crippen molar-refractivity contribution in [3.8, 4) is 5.75 Å². The maximum absolute atomic E-state index is 13.4. The fourth-order valence-corrected chi connectivity index (χ4v) is 1.96. The summed E-state index contributed by atoms with van der Waals surface area (Å²) < 4.78 is 18.3. The lowest BCUT2D eigenvalue weighted by atomic mass is 9.77. The largest absolute Gasteiger partial charge is 0.494 e. The third-order valence-electron chi connectivity index (χ3n) is 3.22. The Bertz CT molecular complexity index is 349. The van der Waals surface area contributed by atoms with Crippen molar-refractivity contribution in [3.63, 3.8) is 0 Å². The highest BCUT2D eigenvalue weighted by atomic mass is 19.1. The van der Waals surface area contributed by atoms with Crippen molar-refractivity contribution >= 4 is 0 Å². The van der Waals surface area contributed by atoms with Crippen LogP contribution in [-0.2, 0) is 0 Å². The van der Waals surface area contributed by atoms with E-state index in [2.05, 4.69) is 0 Å². The second-order valence-electron chi connectivity index (χ2n) is 4.11. The normalized spacial score (nSPS) is 18.3. The van der Waals surface area contributed by atoms with E-state index in [-0.39, 0.29) is 17.6 Å². The molecule has 15 heavy (non-hydrogen) atoms. The van der Waals surface area contributed by atoms with E-state index in [1.165, 1.54) is 19.6 Å². The van der Waals surface area contributed by atoms with Gasteiger partial charge in [0, 0.05) is 6.04 Å². The lowest BCUT2D eigenvalue weighted by molar-refractivity contribution is 0.263. The van der Waals surface area contributed by atoms with Crippen LogP contribution in [0.5, 0.6) is 5.75 Å². The van der Waals surface area contributed by atoms with Crippen LogP contribution >= 0.6 is 0 Å². The fraction of sp³-hybridized carbons (Fsp3) is 0.500. The van der Waals surface area contributed by atoms with Crippen molar-refractivity contribution in [2.45, 2.75) is 25.3 Å². The van der Waals surface area contributed by atoms with E-state index in [1.54, 1.807) is 6.07 Å². The Morgan fingerprint density at radius 2 is 2.20 bits per heavy atom. The SMILES string of the molecule is COc1ccc(C(N)C2CCC2)cc1F. The van der Waals surface area contributed by atoms with Gasteiger partial charge in [-0.2, -0.15) is 0 Å². The first-order chi connectivity index (χ1) is 7.22. The Labute approximate surface area is 89.2 Å². The minimum absolute atomic E-state index is 0.0286. The van der Waals surface area contributed by atoms with E-state index >= 15 is 0 Å². The molecule has 3 heteroatoms. The molecule has 1 aromatic rings. The molecule has 82 valence electrons. The number of hydrogen-bond donors (Lipinski definition) is 1. The molecule has 0 radical (unpaired) electrons. The summed E-state index contributed by atoms with van der Waals surface area (Å²) >= 11 is 0. The molecule has 0 bridgehead atoms. The smallest absolute Gasteiger partial charge is 0.165 e. The molecule has 0 spiro atoms. The molecule has 1 unspecified atom stereocenters. The van der Waals surface area contributed by atoms with Crippen molar-refractivity contribution in [1.29, 1.82) is 0 Å². The predicted octanol–water partition coefficient (Wildman–Crippen LogP) is 2.63. The number of halogens is 1. The molecule has 0 heterocycles. The summed E-state index contributed by atoms with van der Waals surface area (Å²) in [5.74, 6) is 0.474. The summed E-state index contributed by atoms with van der Waals surface area (Å²) in [5, 5.41) is 0. The van der Waals surface area contributed by atoms with Gasteiger partial charge in [0.15, 0.2) is 11.6 Å². The number of ether oxygens (including phenoxy) is 1. The van der Waals surface area contributed by atoms with Crippen LogP contribution in [0.2, 0.25) is 0 Å². The van der Waals surface area contributed by atoms with E-state index in [9.17, 15) is 4.39 Å². The van der Waals surface area contributed by atoms with Crippen LogP contribution in [0.25, 0.3) is 0 Å². The number of methoxy groups -OCH3 is 1. The van der Waals surface area contributed by atoms with Crippen LogP contribution in [0.1, 0.15) is 30.9 Å². The summed E-state index contributed by atoms with van der Waals surface area (Å²) in [6.07, 6.45) is 3.57. The summed E-state index contributed by atoms with van der Waals surface area (Å²) in [5.41, 5.74) is 6.93. The lowest BCUT2D eigenvalue weighted by Crippen LogP contribution is -2.26.